The maximum Gasteiger partial charge on any atom is 0.265 e. The van der Waals surface area contributed by atoms with Crippen LogP contribution in [0.1, 0.15) is 11.1 Å². The molecule has 0 saturated heterocycles. The van der Waals surface area contributed by atoms with Gasteiger partial charge in [-0.2, -0.15) is 5.10 Å². The van der Waals surface area contributed by atoms with E-state index >= 15 is 0 Å². The van der Waals surface area contributed by atoms with Gasteiger partial charge in [-0.1, -0.05) is 66.7 Å². The third-order valence-electron chi connectivity index (χ3n) is 4.76. The predicted octanol–water partition coefficient (Wildman–Crippen LogP) is 4.96. The van der Waals surface area contributed by atoms with E-state index in [1.165, 1.54) is 0 Å². The van der Waals surface area contributed by atoms with Crippen LogP contribution in [0.25, 0.3) is 16.9 Å². The number of aromatic nitrogens is 2. The maximum atomic E-state index is 13.4. The summed E-state index contributed by atoms with van der Waals surface area (Å²) in [5, 5.41) is 4.60. The van der Waals surface area contributed by atoms with E-state index in [0.29, 0.717) is 11.4 Å². The van der Waals surface area contributed by atoms with E-state index < -0.39 is 10.0 Å². The Kier molecular flexibility index (Phi) is 4.94. The Morgan fingerprint density at radius 2 is 1.38 bits per heavy atom. The van der Waals surface area contributed by atoms with Gasteiger partial charge in [-0.15, -0.1) is 0 Å². The molecule has 0 unspecified atom stereocenters. The Labute approximate surface area is 170 Å². The van der Waals surface area contributed by atoms with Gasteiger partial charge in [-0.25, -0.2) is 13.1 Å². The van der Waals surface area contributed by atoms with E-state index in [9.17, 15) is 8.42 Å². The lowest BCUT2D eigenvalue weighted by atomic mass is 10.1. The van der Waals surface area contributed by atoms with Gasteiger partial charge in [0.1, 0.15) is 10.6 Å². The molecule has 1 aromatic heterocycles. The van der Waals surface area contributed by atoms with Gasteiger partial charge in [-0.3, -0.25) is 4.72 Å². The van der Waals surface area contributed by atoms with Crippen molar-refractivity contribution in [1.29, 1.82) is 0 Å². The molecule has 0 aliphatic heterocycles. The van der Waals surface area contributed by atoms with Gasteiger partial charge >= 0.3 is 0 Å². The second-order valence-corrected chi connectivity index (χ2v) is 8.51. The zero-order valence-electron chi connectivity index (χ0n) is 16.2. The van der Waals surface area contributed by atoms with Gasteiger partial charge in [0.15, 0.2) is 0 Å². The average Bonchev–Trinajstić information content (AvgIpc) is 3.19. The highest BCUT2D eigenvalue weighted by Gasteiger charge is 2.25. The van der Waals surface area contributed by atoms with Crippen LogP contribution < -0.4 is 4.72 Å². The molecule has 0 aliphatic rings. The van der Waals surface area contributed by atoms with Gasteiger partial charge in [-0.05, 0) is 37.1 Å². The van der Waals surface area contributed by atoms with Crippen LogP contribution in [0, 0.1) is 13.8 Å². The largest absolute Gasteiger partial charge is 0.279 e. The van der Waals surface area contributed by atoms with Crippen molar-refractivity contribution in [2.24, 2.45) is 0 Å². The fourth-order valence-electron chi connectivity index (χ4n) is 3.23. The first-order valence-electron chi connectivity index (χ1n) is 9.25. The summed E-state index contributed by atoms with van der Waals surface area (Å²) in [7, 11) is -3.86. The first-order chi connectivity index (χ1) is 14.0. The van der Waals surface area contributed by atoms with Crippen LogP contribution in [-0.2, 0) is 10.0 Å². The fourth-order valence-corrected chi connectivity index (χ4v) is 4.58. The maximum absolute atomic E-state index is 13.4. The summed E-state index contributed by atoms with van der Waals surface area (Å²) in [4.78, 5) is 0.134. The minimum absolute atomic E-state index is 0.134. The normalized spacial score (nSPS) is 11.4. The highest BCUT2D eigenvalue weighted by molar-refractivity contribution is 7.92. The number of para-hydroxylation sites is 2. The van der Waals surface area contributed by atoms with E-state index in [4.69, 9.17) is 0 Å². The molecule has 1 N–H and O–H groups in total. The molecule has 0 fully saturated rings. The SMILES string of the molecule is Cc1cccc(C)c1NS(=O)(=O)c1cn(-c2ccccc2)nc1-c1ccccc1. The van der Waals surface area contributed by atoms with Gasteiger partial charge in [0.05, 0.1) is 17.6 Å². The minimum atomic E-state index is -3.86. The smallest absolute Gasteiger partial charge is 0.265 e. The molecule has 0 spiro atoms. The summed E-state index contributed by atoms with van der Waals surface area (Å²) >= 11 is 0. The Hall–Kier alpha value is -3.38. The third-order valence-corrected chi connectivity index (χ3v) is 6.11. The van der Waals surface area contributed by atoms with Crippen LogP contribution in [0.4, 0.5) is 5.69 Å². The third kappa shape index (κ3) is 3.79. The van der Waals surface area contributed by atoms with Crippen LogP contribution in [0.3, 0.4) is 0 Å². The molecule has 5 nitrogen and oxygen atoms in total. The molecule has 29 heavy (non-hydrogen) atoms. The second-order valence-electron chi connectivity index (χ2n) is 6.86. The van der Waals surface area contributed by atoms with Crippen molar-refractivity contribution in [2.75, 3.05) is 4.72 Å². The number of rotatable bonds is 5. The molecular weight excluding hydrogens is 382 g/mol. The Morgan fingerprint density at radius 1 is 0.793 bits per heavy atom. The molecule has 4 rings (SSSR count). The van der Waals surface area contributed by atoms with E-state index in [2.05, 4.69) is 9.82 Å². The highest BCUT2D eigenvalue weighted by Crippen LogP contribution is 2.30. The standard InChI is InChI=1S/C23H21N3O2S/c1-17-10-9-11-18(2)22(17)25-29(27,28)21-16-26(20-14-7-4-8-15-20)24-23(21)19-12-5-3-6-13-19/h3-16,25H,1-2H3. The van der Waals surface area contributed by atoms with Crippen molar-refractivity contribution in [1.82, 2.24) is 9.78 Å². The van der Waals surface area contributed by atoms with Crippen LogP contribution in [0.15, 0.2) is 90.0 Å². The first kappa shape index (κ1) is 19.0. The quantitative estimate of drug-likeness (QED) is 0.512. The topological polar surface area (TPSA) is 64.0 Å². The average molecular weight is 404 g/mol. The Balaban J connectivity index is 1.86. The lowest BCUT2D eigenvalue weighted by molar-refractivity contribution is 0.601. The summed E-state index contributed by atoms with van der Waals surface area (Å²) < 4.78 is 31.1. The number of aryl methyl sites for hydroxylation is 2. The van der Waals surface area contributed by atoms with Crippen molar-refractivity contribution in [3.8, 4) is 16.9 Å². The van der Waals surface area contributed by atoms with Gasteiger partial charge in [0.25, 0.3) is 10.0 Å². The molecule has 0 aliphatic carbocycles. The van der Waals surface area contributed by atoms with E-state index in [0.717, 1.165) is 22.4 Å². The molecule has 4 aromatic rings. The number of hydrogen-bond donors (Lipinski definition) is 1. The molecule has 0 bridgehead atoms. The molecule has 0 saturated carbocycles. The van der Waals surface area contributed by atoms with E-state index in [1.54, 1.807) is 10.9 Å². The number of nitrogens with zero attached hydrogens (tertiary/aromatic N) is 2. The van der Waals surface area contributed by atoms with Crippen molar-refractivity contribution in [3.05, 3.63) is 96.2 Å². The molecule has 146 valence electrons. The van der Waals surface area contributed by atoms with Gasteiger partial charge < -0.3 is 0 Å². The predicted molar refractivity (Wildman–Crippen MR) is 116 cm³/mol. The fraction of sp³-hybridized carbons (Fsp3) is 0.0870. The minimum Gasteiger partial charge on any atom is -0.279 e. The summed E-state index contributed by atoms with van der Waals surface area (Å²) in [5.74, 6) is 0. The Morgan fingerprint density at radius 3 is 2.00 bits per heavy atom. The molecule has 0 atom stereocenters. The molecule has 6 heteroatoms. The van der Waals surface area contributed by atoms with Gasteiger partial charge in [0.2, 0.25) is 0 Å². The molecule has 0 amide bonds. The lowest BCUT2D eigenvalue weighted by Gasteiger charge is -2.13. The van der Waals surface area contributed by atoms with Crippen molar-refractivity contribution in [3.63, 3.8) is 0 Å². The summed E-state index contributed by atoms with van der Waals surface area (Å²) in [6, 6.07) is 24.5. The highest BCUT2D eigenvalue weighted by atomic mass is 32.2. The second kappa shape index (κ2) is 7.56. The van der Waals surface area contributed by atoms with Crippen LogP contribution in [0.2, 0.25) is 0 Å². The number of sulfonamides is 1. The zero-order chi connectivity index (χ0) is 20.4. The van der Waals surface area contributed by atoms with Crippen molar-refractivity contribution >= 4 is 15.7 Å². The van der Waals surface area contributed by atoms with Gasteiger partial charge in [0, 0.05) is 5.56 Å². The van der Waals surface area contributed by atoms with Crippen molar-refractivity contribution in [2.45, 2.75) is 18.7 Å². The van der Waals surface area contributed by atoms with E-state index in [1.807, 2.05) is 92.7 Å². The summed E-state index contributed by atoms with van der Waals surface area (Å²) in [6.07, 6.45) is 1.56. The monoisotopic (exact) mass is 403 g/mol. The van der Waals surface area contributed by atoms with E-state index in [-0.39, 0.29) is 4.90 Å². The number of anilines is 1. The number of benzene rings is 3. The lowest BCUT2D eigenvalue weighted by Crippen LogP contribution is -2.15. The van der Waals surface area contributed by atoms with Crippen molar-refractivity contribution < 1.29 is 8.42 Å². The van der Waals surface area contributed by atoms with Crippen LogP contribution in [0.5, 0.6) is 0 Å². The molecular formula is C23H21N3O2S. The molecule has 1 heterocycles. The van der Waals surface area contributed by atoms with Crippen LogP contribution in [-0.4, -0.2) is 18.2 Å². The zero-order valence-corrected chi connectivity index (χ0v) is 17.0. The van der Waals surface area contributed by atoms with Crippen LogP contribution >= 0.6 is 0 Å². The summed E-state index contributed by atoms with van der Waals surface area (Å²) in [5.41, 5.74) is 4.27. The number of nitrogens with one attached hydrogen (secondary N) is 1. The first-order valence-corrected chi connectivity index (χ1v) is 10.7. The summed E-state index contributed by atoms with van der Waals surface area (Å²) in [6.45, 7) is 3.77. The Bertz CT molecular complexity index is 1230. The molecule has 3 aromatic carbocycles. The molecule has 0 radical (unpaired) electrons. The number of hydrogen-bond acceptors (Lipinski definition) is 3.